The van der Waals surface area contributed by atoms with Crippen molar-refractivity contribution in [1.82, 2.24) is 5.32 Å². The van der Waals surface area contributed by atoms with E-state index in [0.717, 1.165) is 22.8 Å². The third kappa shape index (κ3) is 3.99. The molecule has 0 fully saturated rings. The Hall–Kier alpha value is -1.51. The lowest BCUT2D eigenvalue weighted by Gasteiger charge is -2.24. The van der Waals surface area contributed by atoms with E-state index in [0.29, 0.717) is 6.04 Å². The number of halogens is 1. The number of hydrogen-bond donors (Lipinski definition) is 1. The van der Waals surface area contributed by atoms with E-state index in [1.807, 2.05) is 12.1 Å². The van der Waals surface area contributed by atoms with Gasteiger partial charge in [0.15, 0.2) is 0 Å². The summed E-state index contributed by atoms with van der Waals surface area (Å²) in [7, 11) is 2.08. The maximum atomic E-state index is 6.41. The number of nitrogens with zero attached hydrogens (tertiary/aromatic N) is 1. The highest BCUT2D eigenvalue weighted by Crippen LogP contribution is 2.31. The largest absolute Gasteiger partial charge is 0.344 e. The first-order valence-corrected chi connectivity index (χ1v) is 7.68. The highest BCUT2D eigenvalue weighted by molar-refractivity contribution is 6.31. The van der Waals surface area contributed by atoms with Gasteiger partial charge >= 0.3 is 0 Å². The van der Waals surface area contributed by atoms with Crippen molar-refractivity contribution < 1.29 is 0 Å². The SMILES string of the molecule is Cc1cccc(N(C)c2cccc(Cl)c2CNC(C)C)c1. The fraction of sp³-hybridized carbons (Fsp3) is 0.333. The smallest absolute Gasteiger partial charge is 0.0471 e. The highest BCUT2D eigenvalue weighted by Gasteiger charge is 2.12. The van der Waals surface area contributed by atoms with E-state index < -0.39 is 0 Å². The standard InChI is InChI=1S/C18H23ClN2/c1-13(2)20-12-16-17(19)9-6-10-18(16)21(4)15-8-5-7-14(3)11-15/h5-11,13,20H,12H2,1-4H3. The molecule has 3 heteroatoms. The van der Waals surface area contributed by atoms with Crippen LogP contribution in [0.5, 0.6) is 0 Å². The Bertz CT molecular complexity index is 608. The fourth-order valence-corrected chi connectivity index (χ4v) is 2.55. The van der Waals surface area contributed by atoms with Crippen molar-refractivity contribution in [2.45, 2.75) is 33.4 Å². The Morgan fingerprint density at radius 3 is 2.52 bits per heavy atom. The van der Waals surface area contributed by atoms with Crippen LogP contribution in [0.2, 0.25) is 5.02 Å². The summed E-state index contributed by atoms with van der Waals surface area (Å²) in [6.07, 6.45) is 0. The first kappa shape index (κ1) is 15.9. The minimum atomic E-state index is 0.429. The molecule has 0 bridgehead atoms. The van der Waals surface area contributed by atoms with Gasteiger partial charge in [-0.2, -0.15) is 0 Å². The van der Waals surface area contributed by atoms with E-state index in [4.69, 9.17) is 11.6 Å². The Morgan fingerprint density at radius 1 is 1.14 bits per heavy atom. The van der Waals surface area contributed by atoms with Crippen LogP contribution in [0.25, 0.3) is 0 Å². The van der Waals surface area contributed by atoms with Crippen molar-refractivity contribution in [3.05, 3.63) is 58.6 Å². The summed E-state index contributed by atoms with van der Waals surface area (Å²) in [5.41, 5.74) is 4.70. The van der Waals surface area contributed by atoms with Gasteiger partial charge in [-0.3, -0.25) is 0 Å². The van der Waals surface area contributed by atoms with Gasteiger partial charge in [-0.05, 0) is 36.8 Å². The molecule has 2 rings (SSSR count). The zero-order valence-electron chi connectivity index (χ0n) is 13.2. The molecule has 0 radical (unpaired) electrons. The van der Waals surface area contributed by atoms with E-state index in [1.165, 1.54) is 11.3 Å². The molecule has 1 N–H and O–H groups in total. The van der Waals surface area contributed by atoms with Crippen LogP contribution in [0.3, 0.4) is 0 Å². The van der Waals surface area contributed by atoms with Crippen LogP contribution in [0.1, 0.15) is 25.0 Å². The van der Waals surface area contributed by atoms with E-state index in [1.54, 1.807) is 0 Å². The number of benzene rings is 2. The summed E-state index contributed by atoms with van der Waals surface area (Å²) < 4.78 is 0. The molecule has 0 saturated heterocycles. The molecular formula is C18H23ClN2. The number of nitrogens with one attached hydrogen (secondary N) is 1. The van der Waals surface area contributed by atoms with Gasteiger partial charge in [0, 0.05) is 41.6 Å². The van der Waals surface area contributed by atoms with Gasteiger partial charge in [0.25, 0.3) is 0 Å². The van der Waals surface area contributed by atoms with Gasteiger partial charge in [0.2, 0.25) is 0 Å². The minimum Gasteiger partial charge on any atom is -0.344 e. The molecule has 0 amide bonds. The van der Waals surface area contributed by atoms with Crippen molar-refractivity contribution in [3.8, 4) is 0 Å². The summed E-state index contributed by atoms with van der Waals surface area (Å²) in [6.45, 7) is 7.15. The van der Waals surface area contributed by atoms with Crippen molar-refractivity contribution in [2.24, 2.45) is 0 Å². The van der Waals surface area contributed by atoms with Crippen molar-refractivity contribution in [3.63, 3.8) is 0 Å². The van der Waals surface area contributed by atoms with Crippen LogP contribution in [0.4, 0.5) is 11.4 Å². The molecule has 21 heavy (non-hydrogen) atoms. The van der Waals surface area contributed by atoms with Gasteiger partial charge in [-0.1, -0.05) is 43.6 Å². The maximum Gasteiger partial charge on any atom is 0.0471 e. The first-order chi connectivity index (χ1) is 9.99. The second-order valence-electron chi connectivity index (χ2n) is 5.67. The van der Waals surface area contributed by atoms with Crippen molar-refractivity contribution in [2.75, 3.05) is 11.9 Å². The summed E-state index contributed by atoms with van der Waals surface area (Å²) in [5, 5.41) is 4.26. The lowest BCUT2D eigenvalue weighted by Crippen LogP contribution is -2.23. The van der Waals surface area contributed by atoms with E-state index in [9.17, 15) is 0 Å². The molecule has 0 spiro atoms. The molecule has 2 aromatic carbocycles. The lowest BCUT2D eigenvalue weighted by molar-refractivity contribution is 0.589. The highest BCUT2D eigenvalue weighted by atomic mass is 35.5. The fourth-order valence-electron chi connectivity index (χ4n) is 2.32. The molecule has 0 aliphatic heterocycles. The molecule has 0 saturated carbocycles. The van der Waals surface area contributed by atoms with E-state index in [2.05, 4.69) is 68.4 Å². The molecule has 0 aliphatic rings. The lowest BCUT2D eigenvalue weighted by atomic mass is 10.1. The van der Waals surface area contributed by atoms with Crippen molar-refractivity contribution >= 4 is 23.0 Å². The van der Waals surface area contributed by atoms with Gasteiger partial charge in [0.05, 0.1) is 0 Å². The van der Waals surface area contributed by atoms with E-state index >= 15 is 0 Å². The number of hydrogen-bond acceptors (Lipinski definition) is 2. The van der Waals surface area contributed by atoms with Crippen LogP contribution in [0.15, 0.2) is 42.5 Å². The minimum absolute atomic E-state index is 0.429. The van der Waals surface area contributed by atoms with Gasteiger partial charge < -0.3 is 10.2 Å². The zero-order chi connectivity index (χ0) is 15.4. The number of rotatable bonds is 5. The molecule has 0 aliphatic carbocycles. The Kier molecular flexibility index (Phi) is 5.27. The summed E-state index contributed by atoms with van der Waals surface area (Å²) in [5.74, 6) is 0. The molecule has 0 aromatic heterocycles. The van der Waals surface area contributed by atoms with Gasteiger partial charge in [-0.15, -0.1) is 0 Å². The zero-order valence-corrected chi connectivity index (χ0v) is 13.9. The molecule has 0 unspecified atom stereocenters. The third-order valence-corrected chi connectivity index (χ3v) is 3.89. The average molecular weight is 303 g/mol. The monoisotopic (exact) mass is 302 g/mol. The molecule has 2 nitrogen and oxygen atoms in total. The molecular weight excluding hydrogens is 280 g/mol. The van der Waals surface area contributed by atoms with Gasteiger partial charge in [0.1, 0.15) is 0 Å². The average Bonchev–Trinajstić information content (AvgIpc) is 2.45. The van der Waals surface area contributed by atoms with Gasteiger partial charge in [-0.25, -0.2) is 0 Å². The Balaban J connectivity index is 2.36. The predicted molar refractivity (Wildman–Crippen MR) is 92.7 cm³/mol. The third-order valence-electron chi connectivity index (χ3n) is 3.53. The van der Waals surface area contributed by atoms with Crippen LogP contribution in [0, 0.1) is 6.92 Å². The van der Waals surface area contributed by atoms with E-state index in [-0.39, 0.29) is 0 Å². The predicted octanol–water partition coefficient (Wildman–Crippen LogP) is 4.91. The molecule has 112 valence electrons. The van der Waals surface area contributed by atoms with Crippen LogP contribution >= 0.6 is 11.6 Å². The molecule has 2 aromatic rings. The second kappa shape index (κ2) is 6.97. The normalized spacial score (nSPS) is 11.0. The topological polar surface area (TPSA) is 15.3 Å². The quantitative estimate of drug-likeness (QED) is 0.844. The first-order valence-electron chi connectivity index (χ1n) is 7.30. The Labute approximate surface area is 132 Å². The second-order valence-corrected chi connectivity index (χ2v) is 6.08. The Morgan fingerprint density at radius 2 is 1.86 bits per heavy atom. The van der Waals surface area contributed by atoms with Crippen LogP contribution in [-0.2, 0) is 6.54 Å². The number of aryl methyl sites for hydroxylation is 1. The maximum absolute atomic E-state index is 6.41. The molecule has 0 atom stereocenters. The molecule has 0 heterocycles. The van der Waals surface area contributed by atoms with Crippen molar-refractivity contribution in [1.29, 1.82) is 0 Å². The van der Waals surface area contributed by atoms with Crippen LogP contribution in [-0.4, -0.2) is 13.1 Å². The summed E-state index contributed by atoms with van der Waals surface area (Å²) >= 11 is 6.41. The van der Waals surface area contributed by atoms with Crippen LogP contribution < -0.4 is 10.2 Å². The summed E-state index contributed by atoms with van der Waals surface area (Å²) in [6, 6.07) is 15.0. The summed E-state index contributed by atoms with van der Waals surface area (Å²) in [4.78, 5) is 2.19. The number of anilines is 2.